The molecule has 3 rings (SSSR count). The lowest BCUT2D eigenvalue weighted by molar-refractivity contribution is -0.138. The molecule has 1 aliphatic carbocycles. The Kier molecular flexibility index (Phi) is 3.89. The van der Waals surface area contributed by atoms with E-state index in [1.807, 2.05) is 11.9 Å². The maximum absolute atomic E-state index is 12.7. The van der Waals surface area contributed by atoms with Crippen molar-refractivity contribution in [1.82, 2.24) is 14.9 Å². The van der Waals surface area contributed by atoms with Crippen molar-refractivity contribution < 1.29 is 4.79 Å². The highest BCUT2D eigenvalue weighted by atomic mass is 35.5. The Hall–Kier alpha value is -1.20. The molecule has 2 aromatic rings. The number of nitrogens with zero attached hydrogens (tertiary/aromatic N) is 3. The van der Waals surface area contributed by atoms with Crippen molar-refractivity contribution in [2.75, 3.05) is 7.05 Å². The molecule has 118 valence electrons. The predicted octanol–water partition coefficient (Wildman–Crippen LogP) is 3.71. The molecule has 2 aromatic heterocycles. The number of amides is 1. The van der Waals surface area contributed by atoms with Crippen molar-refractivity contribution in [2.24, 2.45) is 5.92 Å². The Morgan fingerprint density at radius 2 is 2.14 bits per heavy atom. The number of rotatable bonds is 1. The summed E-state index contributed by atoms with van der Waals surface area (Å²) in [5, 5.41) is 1.51. The largest absolute Gasteiger partial charge is 0.341 e. The summed E-state index contributed by atoms with van der Waals surface area (Å²) in [6.45, 7) is 6.19. The summed E-state index contributed by atoms with van der Waals surface area (Å²) < 4.78 is 0. The van der Waals surface area contributed by atoms with Gasteiger partial charge in [0.15, 0.2) is 0 Å². The van der Waals surface area contributed by atoms with Gasteiger partial charge >= 0.3 is 0 Å². The standard InChI is InChI=1S/C16H20ClN3OS/c1-16(2,3)20(4)15(21)9-5-6-10-11(7-9)22-14-12(10)13(17)18-8-19-14/h8-9H,5-7H2,1-4H3. The van der Waals surface area contributed by atoms with E-state index in [0.717, 1.165) is 29.5 Å². The number of thiophene rings is 1. The Morgan fingerprint density at radius 1 is 1.41 bits per heavy atom. The normalized spacial score (nSPS) is 18.3. The van der Waals surface area contributed by atoms with E-state index in [2.05, 4.69) is 30.7 Å². The molecule has 0 saturated heterocycles. The second-order valence-corrected chi connectivity index (χ2v) is 8.30. The number of fused-ring (bicyclic) bond motifs is 3. The first kappa shape index (κ1) is 15.7. The highest BCUT2D eigenvalue weighted by Gasteiger charge is 2.33. The van der Waals surface area contributed by atoms with Crippen LogP contribution < -0.4 is 0 Å². The van der Waals surface area contributed by atoms with Crippen molar-refractivity contribution in [3.8, 4) is 0 Å². The second-order valence-electron chi connectivity index (χ2n) is 6.86. The van der Waals surface area contributed by atoms with Crippen LogP contribution in [0.15, 0.2) is 6.33 Å². The maximum atomic E-state index is 12.7. The smallest absolute Gasteiger partial charge is 0.226 e. The number of halogens is 1. The highest BCUT2D eigenvalue weighted by molar-refractivity contribution is 7.19. The molecule has 6 heteroatoms. The zero-order valence-corrected chi connectivity index (χ0v) is 14.9. The monoisotopic (exact) mass is 337 g/mol. The molecule has 0 saturated carbocycles. The van der Waals surface area contributed by atoms with Crippen LogP contribution in [0.4, 0.5) is 0 Å². The van der Waals surface area contributed by atoms with E-state index in [1.54, 1.807) is 11.3 Å². The van der Waals surface area contributed by atoms with Crippen molar-refractivity contribution in [2.45, 2.75) is 45.6 Å². The average molecular weight is 338 g/mol. The lowest BCUT2D eigenvalue weighted by Gasteiger charge is -2.35. The van der Waals surface area contributed by atoms with E-state index in [9.17, 15) is 4.79 Å². The van der Waals surface area contributed by atoms with Crippen LogP contribution >= 0.6 is 22.9 Å². The third kappa shape index (κ3) is 2.61. The molecule has 0 N–H and O–H groups in total. The molecule has 0 fully saturated rings. The number of aryl methyl sites for hydroxylation is 1. The van der Waals surface area contributed by atoms with E-state index >= 15 is 0 Å². The lowest BCUT2D eigenvalue weighted by Crippen LogP contribution is -2.46. The molecule has 4 nitrogen and oxygen atoms in total. The van der Waals surface area contributed by atoms with Crippen LogP contribution in [0.5, 0.6) is 0 Å². The van der Waals surface area contributed by atoms with Crippen LogP contribution in [0.25, 0.3) is 10.2 Å². The van der Waals surface area contributed by atoms with Gasteiger partial charge in [-0.25, -0.2) is 9.97 Å². The molecule has 0 spiro atoms. The zero-order chi connectivity index (χ0) is 16.1. The average Bonchev–Trinajstić information content (AvgIpc) is 2.83. The molecule has 22 heavy (non-hydrogen) atoms. The summed E-state index contributed by atoms with van der Waals surface area (Å²) >= 11 is 7.87. The van der Waals surface area contributed by atoms with E-state index < -0.39 is 0 Å². The maximum Gasteiger partial charge on any atom is 0.226 e. The Bertz CT molecular complexity index is 735. The van der Waals surface area contributed by atoms with Crippen molar-refractivity contribution >= 4 is 39.1 Å². The van der Waals surface area contributed by atoms with Gasteiger partial charge in [-0.15, -0.1) is 11.3 Å². The van der Waals surface area contributed by atoms with Crippen molar-refractivity contribution in [3.63, 3.8) is 0 Å². The first-order valence-corrected chi connectivity index (χ1v) is 8.67. The van der Waals surface area contributed by atoms with Gasteiger partial charge in [0.05, 0.1) is 5.39 Å². The molecular weight excluding hydrogens is 318 g/mol. The van der Waals surface area contributed by atoms with E-state index in [0.29, 0.717) is 5.15 Å². The third-order valence-corrected chi connectivity index (χ3v) is 5.93. The van der Waals surface area contributed by atoms with Crippen LogP contribution in [0.2, 0.25) is 5.15 Å². The number of hydrogen-bond acceptors (Lipinski definition) is 4. The van der Waals surface area contributed by atoms with Gasteiger partial charge in [0.2, 0.25) is 5.91 Å². The summed E-state index contributed by atoms with van der Waals surface area (Å²) in [5.41, 5.74) is 1.10. The van der Waals surface area contributed by atoms with Crippen LogP contribution in [-0.2, 0) is 17.6 Å². The topological polar surface area (TPSA) is 46.1 Å². The first-order valence-electron chi connectivity index (χ1n) is 7.47. The number of carbonyl (C=O) groups is 1. The van der Waals surface area contributed by atoms with Gasteiger partial charge in [-0.2, -0.15) is 0 Å². The molecule has 1 aliphatic rings. The molecule has 0 bridgehead atoms. The molecule has 0 aliphatic heterocycles. The molecule has 0 aromatic carbocycles. The van der Waals surface area contributed by atoms with E-state index in [4.69, 9.17) is 11.6 Å². The van der Waals surface area contributed by atoms with Gasteiger partial charge in [0.25, 0.3) is 0 Å². The second kappa shape index (κ2) is 5.46. The quantitative estimate of drug-likeness (QED) is 0.745. The minimum absolute atomic E-state index is 0.0523. The highest BCUT2D eigenvalue weighted by Crippen LogP contribution is 2.40. The fourth-order valence-electron chi connectivity index (χ4n) is 2.89. The van der Waals surface area contributed by atoms with Gasteiger partial charge < -0.3 is 4.90 Å². The van der Waals surface area contributed by atoms with E-state index in [1.165, 1.54) is 16.8 Å². The molecule has 0 radical (unpaired) electrons. The van der Waals surface area contributed by atoms with Gasteiger partial charge in [-0.05, 0) is 45.6 Å². The first-order chi connectivity index (χ1) is 10.3. The summed E-state index contributed by atoms with van der Waals surface area (Å²) in [5.74, 6) is 0.282. The predicted molar refractivity (Wildman–Crippen MR) is 90.5 cm³/mol. The molecule has 1 amide bonds. The molecule has 2 heterocycles. The third-order valence-electron chi connectivity index (χ3n) is 4.49. The minimum atomic E-state index is -0.147. The number of carbonyl (C=O) groups excluding carboxylic acids is 1. The number of aromatic nitrogens is 2. The van der Waals surface area contributed by atoms with Gasteiger partial charge in [0.1, 0.15) is 16.3 Å². The van der Waals surface area contributed by atoms with Gasteiger partial charge in [-0.3, -0.25) is 4.79 Å². The Labute approximate surface area is 139 Å². The summed E-state index contributed by atoms with van der Waals surface area (Å²) in [4.78, 5) is 25.2. The number of hydrogen-bond donors (Lipinski definition) is 0. The van der Waals surface area contributed by atoms with Gasteiger partial charge in [-0.1, -0.05) is 11.6 Å². The van der Waals surface area contributed by atoms with Crippen LogP contribution in [0, 0.1) is 5.92 Å². The fourth-order valence-corrected chi connectivity index (χ4v) is 4.46. The Morgan fingerprint density at radius 3 is 2.82 bits per heavy atom. The Balaban J connectivity index is 1.90. The van der Waals surface area contributed by atoms with Crippen molar-refractivity contribution in [1.29, 1.82) is 0 Å². The molecular formula is C16H20ClN3OS. The summed E-state index contributed by atoms with van der Waals surface area (Å²) in [6, 6.07) is 0. The SMILES string of the molecule is CN(C(=O)C1CCc2c(sc3ncnc(Cl)c23)C1)C(C)(C)C. The summed E-state index contributed by atoms with van der Waals surface area (Å²) in [6.07, 6.45) is 4.02. The van der Waals surface area contributed by atoms with Crippen LogP contribution in [0.1, 0.15) is 37.6 Å². The molecule has 1 atom stereocenters. The van der Waals surface area contributed by atoms with Crippen LogP contribution in [-0.4, -0.2) is 33.4 Å². The van der Waals surface area contributed by atoms with E-state index in [-0.39, 0.29) is 17.4 Å². The summed E-state index contributed by atoms with van der Waals surface area (Å²) in [7, 11) is 1.89. The van der Waals surface area contributed by atoms with Gasteiger partial charge in [0, 0.05) is 23.4 Å². The fraction of sp³-hybridized carbons (Fsp3) is 0.562. The molecule has 1 unspecified atom stereocenters. The lowest BCUT2D eigenvalue weighted by atomic mass is 9.86. The minimum Gasteiger partial charge on any atom is -0.341 e. The van der Waals surface area contributed by atoms with Crippen molar-refractivity contribution in [3.05, 3.63) is 21.9 Å². The van der Waals surface area contributed by atoms with Crippen LogP contribution in [0.3, 0.4) is 0 Å². The zero-order valence-electron chi connectivity index (χ0n) is 13.3.